The van der Waals surface area contributed by atoms with E-state index < -0.39 is 11.9 Å². The molecule has 126 valence electrons. The number of hydrogen-bond acceptors (Lipinski definition) is 5. The third kappa shape index (κ3) is 7.30. The van der Waals surface area contributed by atoms with Crippen molar-refractivity contribution in [3.8, 4) is 5.75 Å². The summed E-state index contributed by atoms with van der Waals surface area (Å²) in [6, 6.07) is 6.28. The summed E-state index contributed by atoms with van der Waals surface area (Å²) in [5.41, 5.74) is 4.95. The molecule has 0 aliphatic carbocycles. The first-order chi connectivity index (χ1) is 11.1. The van der Waals surface area contributed by atoms with Gasteiger partial charge in [-0.25, -0.2) is 4.79 Å². The first-order valence-corrected chi connectivity index (χ1v) is 7.54. The summed E-state index contributed by atoms with van der Waals surface area (Å²) >= 11 is 0. The van der Waals surface area contributed by atoms with Crippen LogP contribution in [0.3, 0.4) is 0 Å². The van der Waals surface area contributed by atoms with Crippen LogP contribution in [0.15, 0.2) is 24.3 Å². The highest BCUT2D eigenvalue weighted by molar-refractivity contribution is 5.89. The van der Waals surface area contributed by atoms with E-state index in [1.807, 2.05) is 13.8 Å². The fourth-order valence-corrected chi connectivity index (χ4v) is 1.58. The van der Waals surface area contributed by atoms with E-state index in [-0.39, 0.29) is 12.5 Å². The smallest absolute Gasteiger partial charge is 0.338 e. The molecular weight excluding hydrogens is 300 g/mol. The van der Waals surface area contributed by atoms with Gasteiger partial charge >= 0.3 is 5.97 Å². The first-order valence-electron chi connectivity index (χ1n) is 7.54. The minimum absolute atomic E-state index is 0.244. The molecule has 7 nitrogen and oxygen atoms in total. The molecule has 23 heavy (non-hydrogen) atoms. The number of rotatable bonds is 8. The number of hydrogen-bond donors (Lipinski definition) is 2. The van der Waals surface area contributed by atoms with Crippen molar-refractivity contribution in [1.82, 2.24) is 10.9 Å². The Morgan fingerprint density at radius 1 is 0.957 bits per heavy atom. The Morgan fingerprint density at radius 2 is 1.61 bits per heavy atom. The van der Waals surface area contributed by atoms with Gasteiger partial charge in [-0.2, -0.15) is 0 Å². The van der Waals surface area contributed by atoms with E-state index in [4.69, 9.17) is 9.47 Å². The van der Waals surface area contributed by atoms with Crippen LogP contribution in [0.4, 0.5) is 0 Å². The van der Waals surface area contributed by atoms with Gasteiger partial charge in [-0.05, 0) is 37.1 Å². The zero-order valence-electron chi connectivity index (χ0n) is 13.4. The third-order valence-corrected chi connectivity index (χ3v) is 2.72. The molecule has 0 aromatic heterocycles. The molecule has 0 unspecified atom stereocenters. The second-order valence-electron chi connectivity index (χ2n) is 4.80. The summed E-state index contributed by atoms with van der Waals surface area (Å²) in [4.78, 5) is 34.3. The predicted molar refractivity (Wildman–Crippen MR) is 83.7 cm³/mol. The Hall–Kier alpha value is -2.57. The predicted octanol–water partition coefficient (Wildman–Crippen LogP) is 1.58. The number of hydrazine groups is 1. The average molecular weight is 322 g/mol. The molecule has 0 aliphatic rings. The number of carbonyl (C=O) groups excluding carboxylic acids is 3. The maximum atomic E-state index is 11.6. The highest BCUT2D eigenvalue weighted by Gasteiger charge is 2.08. The lowest BCUT2D eigenvalue weighted by Crippen LogP contribution is -2.43. The van der Waals surface area contributed by atoms with E-state index in [1.54, 1.807) is 24.3 Å². The largest absolute Gasteiger partial charge is 0.484 e. The normalized spacial score (nSPS) is 9.83. The van der Waals surface area contributed by atoms with Crippen molar-refractivity contribution < 1.29 is 23.9 Å². The van der Waals surface area contributed by atoms with Gasteiger partial charge in [-0.3, -0.25) is 20.4 Å². The van der Waals surface area contributed by atoms with Gasteiger partial charge in [0.05, 0.1) is 12.2 Å². The van der Waals surface area contributed by atoms with Gasteiger partial charge in [-0.15, -0.1) is 0 Å². The first kappa shape index (κ1) is 18.5. The molecule has 0 fully saturated rings. The fraction of sp³-hybridized carbons (Fsp3) is 0.438. The Kier molecular flexibility index (Phi) is 8.20. The number of esters is 1. The average Bonchev–Trinajstić information content (AvgIpc) is 2.56. The second kappa shape index (κ2) is 10.2. The molecule has 0 atom stereocenters. The van der Waals surface area contributed by atoms with Gasteiger partial charge in [0.2, 0.25) is 5.91 Å². The van der Waals surface area contributed by atoms with Crippen LogP contribution in [0.25, 0.3) is 0 Å². The molecule has 0 heterocycles. The molecule has 2 N–H and O–H groups in total. The van der Waals surface area contributed by atoms with Crippen LogP contribution in [-0.4, -0.2) is 31.0 Å². The topological polar surface area (TPSA) is 93.7 Å². The van der Waals surface area contributed by atoms with Crippen molar-refractivity contribution in [3.05, 3.63) is 29.8 Å². The number of nitrogens with one attached hydrogen (secondary N) is 2. The molecule has 0 spiro atoms. The van der Waals surface area contributed by atoms with Crippen LogP contribution < -0.4 is 15.6 Å². The molecule has 0 saturated heterocycles. The Balaban J connectivity index is 2.36. The molecule has 0 aliphatic heterocycles. The zero-order chi connectivity index (χ0) is 17.1. The number of carbonyl (C=O) groups is 3. The number of amides is 2. The lowest BCUT2D eigenvalue weighted by atomic mass is 10.2. The van der Waals surface area contributed by atoms with Crippen molar-refractivity contribution in [2.24, 2.45) is 0 Å². The van der Waals surface area contributed by atoms with Gasteiger partial charge in [0.25, 0.3) is 5.91 Å². The molecule has 1 rings (SSSR count). The molecular formula is C16H22N2O5. The second-order valence-corrected chi connectivity index (χ2v) is 4.80. The Labute approximate surface area is 135 Å². The number of benzene rings is 1. The zero-order valence-corrected chi connectivity index (χ0v) is 13.4. The quantitative estimate of drug-likeness (QED) is 0.560. The van der Waals surface area contributed by atoms with Crippen molar-refractivity contribution in [1.29, 1.82) is 0 Å². The van der Waals surface area contributed by atoms with E-state index in [1.165, 1.54) is 0 Å². The van der Waals surface area contributed by atoms with Crippen molar-refractivity contribution in [2.45, 2.75) is 33.1 Å². The van der Waals surface area contributed by atoms with Gasteiger partial charge in [0.1, 0.15) is 5.75 Å². The van der Waals surface area contributed by atoms with Gasteiger partial charge in [0.15, 0.2) is 6.61 Å². The summed E-state index contributed by atoms with van der Waals surface area (Å²) in [7, 11) is 0. The molecule has 7 heteroatoms. The van der Waals surface area contributed by atoms with E-state index in [9.17, 15) is 14.4 Å². The monoisotopic (exact) mass is 322 g/mol. The van der Waals surface area contributed by atoms with Crippen molar-refractivity contribution >= 4 is 17.8 Å². The van der Waals surface area contributed by atoms with Crippen LogP contribution >= 0.6 is 0 Å². The van der Waals surface area contributed by atoms with E-state index in [2.05, 4.69) is 10.9 Å². The summed E-state index contributed by atoms with van der Waals surface area (Å²) in [6.07, 6.45) is 1.80. The van der Waals surface area contributed by atoms with Gasteiger partial charge < -0.3 is 9.47 Å². The van der Waals surface area contributed by atoms with Gasteiger partial charge in [-0.1, -0.05) is 13.8 Å². The van der Waals surface area contributed by atoms with Crippen molar-refractivity contribution in [2.75, 3.05) is 13.2 Å². The molecule has 0 bridgehead atoms. The number of ether oxygens (including phenoxy) is 2. The maximum absolute atomic E-state index is 11.6. The standard InChI is InChI=1S/C16H22N2O5/c1-3-5-14(19)17-18-15(20)11-23-13-8-6-12(7-9-13)16(21)22-10-4-2/h6-9H,3-5,10-11H2,1-2H3,(H,17,19)(H,18,20). The fourth-order valence-electron chi connectivity index (χ4n) is 1.58. The highest BCUT2D eigenvalue weighted by atomic mass is 16.5. The van der Waals surface area contributed by atoms with Crippen LogP contribution in [-0.2, 0) is 14.3 Å². The maximum Gasteiger partial charge on any atom is 0.338 e. The van der Waals surface area contributed by atoms with E-state index in [0.29, 0.717) is 30.8 Å². The minimum atomic E-state index is -0.471. The third-order valence-electron chi connectivity index (χ3n) is 2.72. The Morgan fingerprint density at radius 3 is 2.22 bits per heavy atom. The summed E-state index contributed by atoms with van der Waals surface area (Å²) in [5.74, 6) is -0.682. The molecule has 2 amide bonds. The summed E-state index contributed by atoms with van der Waals surface area (Å²) in [5, 5.41) is 0. The van der Waals surface area contributed by atoms with E-state index >= 15 is 0 Å². The van der Waals surface area contributed by atoms with Crippen LogP contribution in [0.1, 0.15) is 43.5 Å². The van der Waals surface area contributed by atoms with Crippen LogP contribution in [0.5, 0.6) is 5.75 Å². The molecule has 0 radical (unpaired) electrons. The highest BCUT2D eigenvalue weighted by Crippen LogP contribution is 2.13. The SMILES string of the molecule is CCCOC(=O)c1ccc(OCC(=O)NNC(=O)CCC)cc1. The summed E-state index contributed by atoms with van der Waals surface area (Å²) in [6.45, 7) is 3.92. The lowest BCUT2D eigenvalue weighted by Gasteiger charge is -2.09. The van der Waals surface area contributed by atoms with E-state index in [0.717, 1.165) is 6.42 Å². The molecule has 1 aromatic rings. The lowest BCUT2D eigenvalue weighted by molar-refractivity contribution is -0.130. The Bertz CT molecular complexity index is 528. The molecule has 0 saturated carbocycles. The summed E-state index contributed by atoms with van der Waals surface area (Å²) < 4.78 is 10.3. The van der Waals surface area contributed by atoms with Crippen molar-refractivity contribution in [3.63, 3.8) is 0 Å². The van der Waals surface area contributed by atoms with Gasteiger partial charge in [0, 0.05) is 6.42 Å². The van der Waals surface area contributed by atoms with Crippen LogP contribution in [0, 0.1) is 0 Å². The molecule has 1 aromatic carbocycles. The minimum Gasteiger partial charge on any atom is -0.484 e. The van der Waals surface area contributed by atoms with Crippen LogP contribution in [0.2, 0.25) is 0 Å².